The van der Waals surface area contributed by atoms with Crippen LogP contribution in [0.25, 0.3) is 0 Å². The average molecular weight is 301 g/mol. The largest absolute Gasteiger partial charge is 0.419 e. The molecule has 0 fully saturated rings. The van der Waals surface area contributed by atoms with E-state index in [1.165, 1.54) is 7.05 Å². The molecule has 0 radical (unpaired) electrons. The predicted molar refractivity (Wildman–Crippen MR) is 58.9 cm³/mol. The van der Waals surface area contributed by atoms with Crippen LogP contribution in [0.4, 0.5) is 26.3 Å². The molecule has 0 aliphatic carbocycles. The summed E-state index contributed by atoms with van der Waals surface area (Å²) in [6.45, 7) is 0. The maximum atomic E-state index is 12.3. The first kappa shape index (κ1) is 16.7. The van der Waals surface area contributed by atoms with Gasteiger partial charge in [-0.25, -0.2) is 9.97 Å². The zero-order valence-electron chi connectivity index (χ0n) is 10.5. The van der Waals surface area contributed by atoms with Gasteiger partial charge in [-0.15, -0.1) is 0 Å². The van der Waals surface area contributed by atoms with Gasteiger partial charge in [-0.3, -0.25) is 0 Å². The molecule has 9 heteroatoms. The van der Waals surface area contributed by atoms with Gasteiger partial charge in [0.05, 0.1) is 12.0 Å². The summed E-state index contributed by atoms with van der Waals surface area (Å²) in [6.07, 6.45) is -8.43. The molecule has 0 unspecified atom stereocenters. The number of rotatable bonds is 5. The smallest absolute Gasteiger partial charge is 0.317 e. The SMILES string of the molecule is CN[C@H](CCc1ncc(C(F)(F)F)cn1)CC(F)(F)F. The molecular formula is C11H13F6N3. The van der Waals surface area contributed by atoms with Crippen LogP contribution in [0.3, 0.4) is 0 Å². The fourth-order valence-corrected chi connectivity index (χ4v) is 1.56. The van der Waals surface area contributed by atoms with Crippen LogP contribution in [0, 0.1) is 0 Å². The first-order chi connectivity index (χ1) is 9.12. The minimum Gasteiger partial charge on any atom is -0.317 e. The summed E-state index contributed by atoms with van der Waals surface area (Å²) < 4.78 is 73.4. The highest BCUT2D eigenvalue weighted by Crippen LogP contribution is 2.28. The number of nitrogens with zero attached hydrogens (tertiary/aromatic N) is 2. The van der Waals surface area contributed by atoms with Gasteiger partial charge in [-0.1, -0.05) is 0 Å². The van der Waals surface area contributed by atoms with Crippen LogP contribution in [-0.2, 0) is 12.6 Å². The summed E-state index contributed by atoms with van der Waals surface area (Å²) in [5.41, 5.74) is -0.985. The Kier molecular flexibility index (Phi) is 5.32. The molecule has 1 N–H and O–H groups in total. The maximum absolute atomic E-state index is 12.3. The van der Waals surface area contributed by atoms with Gasteiger partial charge < -0.3 is 5.32 Å². The fraction of sp³-hybridized carbons (Fsp3) is 0.636. The summed E-state index contributed by atoms with van der Waals surface area (Å²) >= 11 is 0. The van der Waals surface area contributed by atoms with Crippen molar-refractivity contribution in [2.45, 2.75) is 37.7 Å². The minimum atomic E-state index is -4.53. The molecule has 0 bridgehead atoms. The van der Waals surface area contributed by atoms with E-state index in [0.717, 1.165) is 0 Å². The number of aryl methyl sites for hydroxylation is 1. The van der Waals surface area contributed by atoms with E-state index in [-0.39, 0.29) is 18.7 Å². The summed E-state index contributed by atoms with van der Waals surface area (Å²) in [7, 11) is 1.39. The van der Waals surface area contributed by atoms with Crippen molar-refractivity contribution < 1.29 is 26.3 Å². The van der Waals surface area contributed by atoms with Crippen LogP contribution in [0.2, 0.25) is 0 Å². The highest BCUT2D eigenvalue weighted by molar-refractivity contribution is 5.09. The Labute approximate surface area is 111 Å². The Hall–Kier alpha value is -1.38. The van der Waals surface area contributed by atoms with Crippen molar-refractivity contribution in [2.24, 2.45) is 0 Å². The molecule has 1 atom stereocenters. The molecule has 3 nitrogen and oxygen atoms in total. The van der Waals surface area contributed by atoms with Crippen molar-refractivity contribution in [3.63, 3.8) is 0 Å². The molecule has 0 aliphatic heterocycles. The summed E-state index contributed by atoms with van der Waals surface area (Å²) in [5.74, 6) is 0.0837. The van der Waals surface area contributed by atoms with E-state index in [0.29, 0.717) is 12.4 Å². The van der Waals surface area contributed by atoms with E-state index in [2.05, 4.69) is 15.3 Å². The molecule has 114 valence electrons. The highest BCUT2D eigenvalue weighted by atomic mass is 19.4. The minimum absolute atomic E-state index is 0.0692. The van der Waals surface area contributed by atoms with E-state index in [4.69, 9.17) is 0 Å². The van der Waals surface area contributed by atoms with Gasteiger partial charge in [0.1, 0.15) is 5.82 Å². The average Bonchev–Trinajstić information content (AvgIpc) is 2.32. The summed E-state index contributed by atoms with van der Waals surface area (Å²) in [6, 6.07) is -0.819. The molecule has 20 heavy (non-hydrogen) atoms. The lowest BCUT2D eigenvalue weighted by Crippen LogP contribution is -2.31. The molecule has 0 saturated heterocycles. The third kappa shape index (κ3) is 5.72. The molecule has 0 saturated carbocycles. The van der Waals surface area contributed by atoms with Crippen LogP contribution < -0.4 is 5.32 Å². The highest BCUT2D eigenvalue weighted by Gasteiger charge is 2.32. The van der Waals surface area contributed by atoms with Gasteiger partial charge in [0.15, 0.2) is 0 Å². The van der Waals surface area contributed by atoms with Gasteiger partial charge in [0.2, 0.25) is 0 Å². The Morgan fingerprint density at radius 2 is 1.65 bits per heavy atom. The molecule has 0 aromatic carbocycles. The standard InChI is InChI=1S/C11H13F6N3/c1-18-8(4-10(12,13)14)2-3-9-19-5-7(6-20-9)11(15,16)17/h5-6,8,18H,2-4H2,1H3/t8-/m1/s1. The second-order valence-electron chi connectivity index (χ2n) is 4.23. The van der Waals surface area contributed by atoms with E-state index in [9.17, 15) is 26.3 Å². The second kappa shape index (κ2) is 6.38. The van der Waals surface area contributed by atoms with Crippen molar-refractivity contribution >= 4 is 0 Å². The molecule has 0 spiro atoms. The zero-order valence-corrected chi connectivity index (χ0v) is 10.5. The van der Waals surface area contributed by atoms with Gasteiger partial charge in [-0.05, 0) is 13.5 Å². The topological polar surface area (TPSA) is 37.8 Å². The quantitative estimate of drug-likeness (QED) is 0.850. The first-order valence-corrected chi connectivity index (χ1v) is 5.74. The molecular weight excluding hydrogens is 288 g/mol. The molecule has 1 aromatic rings. The van der Waals surface area contributed by atoms with Crippen molar-refractivity contribution in [1.29, 1.82) is 0 Å². The number of alkyl halides is 6. The zero-order chi connectivity index (χ0) is 15.4. The number of hydrogen-bond acceptors (Lipinski definition) is 3. The second-order valence-corrected chi connectivity index (χ2v) is 4.23. The lowest BCUT2D eigenvalue weighted by Gasteiger charge is -2.17. The van der Waals surface area contributed by atoms with Gasteiger partial charge >= 0.3 is 12.4 Å². The molecule has 1 aromatic heterocycles. The van der Waals surface area contributed by atoms with Crippen LogP contribution in [0.5, 0.6) is 0 Å². The Bertz CT molecular complexity index is 412. The van der Waals surface area contributed by atoms with E-state index < -0.39 is 30.4 Å². The summed E-state index contributed by atoms with van der Waals surface area (Å²) in [4.78, 5) is 7.02. The maximum Gasteiger partial charge on any atom is 0.419 e. The van der Waals surface area contributed by atoms with Crippen molar-refractivity contribution in [3.05, 3.63) is 23.8 Å². The van der Waals surface area contributed by atoms with Crippen LogP contribution in [0.1, 0.15) is 24.2 Å². The normalized spacial score (nSPS) is 14.3. The number of aromatic nitrogens is 2. The lowest BCUT2D eigenvalue weighted by atomic mass is 10.1. The summed E-state index contributed by atoms with van der Waals surface area (Å²) in [5, 5.41) is 2.51. The van der Waals surface area contributed by atoms with Gasteiger partial charge in [0, 0.05) is 24.9 Å². The molecule has 1 rings (SSSR count). The van der Waals surface area contributed by atoms with E-state index >= 15 is 0 Å². The van der Waals surface area contributed by atoms with Crippen LogP contribution in [0.15, 0.2) is 12.4 Å². The third-order valence-electron chi connectivity index (χ3n) is 2.64. The Morgan fingerprint density at radius 3 is 2.05 bits per heavy atom. The van der Waals surface area contributed by atoms with Crippen molar-refractivity contribution in [3.8, 4) is 0 Å². The monoisotopic (exact) mass is 301 g/mol. The van der Waals surface area contributed by atoms with Gasteiger partial charge in [-0.2, -0.15) is 26.3 Å². The number of hydrogen-bond donors (Lipinski definition) is 1. The number of nitrogens with one attached hydrogen (secondary N) is 1. The van der Waals surface area contributed by atoms with E-state index in [1.807, 2.05) is 0 Å². The fourth-order valence-electron chi connectivity index (χ4n) is 1.56. The first-order valence-electron chi connectivity index (χ1n) is 5.74. The predicted octanol–water partition coefficient (Wildman–Crippen LogP) is 2.97. The van der Waals surface area contributed by atoms with Crippen LogP contribution >= 0.6 is 0 Å². The molecule has 0 amide bonds. The van der Waals surface area contributed by atoms with Crippen molar-refractivity contribution in [1.82, 2.24) is 15.3 Å². The Morgan fingerprint density at radius 1 is 1.10 bits per heavy atom. The van der Waals surface area contributed by atoms with Crippen molar-refractivity contribution in [2.75, 3.05) is 7.05 Å². The third-order valence-corrected chi connectivity index (χ3v) is 2.64. The Balaban J connectivity index is 2.57. The van der Waals surface area contributed by atoms with E-state index in [1.54, 1.807) is 0 Å². The van der Waals surface area contributed by atoms with Gasteiger partial charge in [0.25, 0.3) is 0 Å². The number of halogens is 6. The molecule has 1 heterocycles. The molecule has 0 aliphatic rings. The lowest BCUT2D eigenvalue weighted by molar-refractivity contribution is -0.140. The van der Waals surface area contributed by atoms with Crippen LogP contribution in [-0.4, -0.2) is 29.2 Å².